The molecule has 6 heteroatoms. The Morgan fingerprint density at radius 3 is 3.10 bits per heavy atom. The number of halogens is 1. The second kappa shape index (κ2) is 6.15. The highest BCUT2D eigenvalue weighted by Crippen LogP contribution is 2.31. The van der Waals surface area contributed by atoms with Crippen molar-refractivity contribution in [3.05, 3.63) is 28.4 Å². The second-order valence-electron chi connectivity index (χ2n) is 5.01. The molecule has 1 fully saturated rings. The lowest BCUT2D eigenvalue weighted by atomic mass is 10.1. The standard InChI is InChI=1S/C15H17BrN2O3/c1-2-20-15(19)10-6-7-12-11(9-10)14(16)17-18(12)13-5-3-4-8-21-13/h6-7,9,13H,2-5,8H2,1H3. The van der Waals surface area contributed by atoms with E-state index in [1.807, 2.05) is 16.8 Å². The van der Waals surface area contributed by atoms with Crippen LogP contribution >= 0.6 is 15.9 Å². The minimum absolute atomic E-state index is 0.0269. The molecule has 1 atom stereocenters. The summed E-state index contributed by atoms with van der Waals surface area (Å²) in [5.41, 5.74) is 1.50. The third kappa shape index (κ3) is 2.82. The van der Waals surface area contributed by atoms with Crippen molar-refractivity contribution in [1.29, 1.82) is 0 Å². The summed E-state index contributed by atoms with van der Waals surface area (Å²) in [6.07, 6.45) is 3.18. The van der Waals surface area contributed by atoms with Gasteiger partial charge < -0.3 is 9.47 Å². The summed E-state index contributed by atoms with van der Waals surface area (Å²) >= 11 is 3.47. The summed E-state index contributed by atoms with van der Waals surface area (Å²) in [6, 6.07) is 5.48. The van der Waals surface area contributed by atoms with E-state index in [1.165, 1.54) is 0 Å². The van der Waals surface area contributed by atoms with Gasteiger partial charge in [-0.1, -0.05) is 0 Å². The van der Waals surface area contributed by atoms with E-state index in [1.54, 1.807) is 13.0 Å². The molecule has 1 unspecified atom stereocenters. The Hall–Kier alpha value is -1.40. The third-order valence-corrected chi connectivity index (χ3v) is 4.19. The van der Waals surface area contributed by atoms with Crippen LogP contribution < -0.4 is 0 Å². The van der Waals surface area contributed by atoms with Crippen LogP contribution in [0.3, 0.4) is 0 Å². The van der Waals surface area contributed by atoms with Gasteiger partial charge in [-0.25, -0.2) is 9.48 Å². The molecule has 21 heavy (non-hydrogen) atoms. The van der Waals surface area contributed by atoms with Crippen LogP contribution in [0.2, 0.25) is 0 Å². The van der Waals surface area contributed by atoms with E-state index in [2.05, 4.69) is 21.0 Å². The van der Waals surface area contributed by atoms with Crippen LogP contribution in [0.15, 0.2) is 22.8 Å². The Bertz CT molecular complexity index is 662. The Morgan fingerprint density at radius 2 is 2.38 bits per heavy atom. The van der Waals surface area contributed by atoms with E-state index in [9.17, 15) is 4.79 Å². The molecule has 3 rings (SSSR count). The van der Waals surface area contributed by atoms with Gasteiger partial charge in [0.2, 0.25) is 0 Å². The minimum Gasteiger partial charge on any atom is -0.462 e. The highest BCUT2D eigenvalue weighted by Gasteiger charge is 2.21. The molecule has 1 aromatic heterocycles. The van der Waals surface area contributed by atoms with Gasteiger partial charge in [-0.3, -0.25) is 0 Å². The number of nitrogens with zero attached hydrogens (tertiary/aromatic N) is 2. The molecule has 1 aliphatic rings. The van der Waals surface area contributed by atoms with Crippen molar-refractivity contribution in [2.24, 2.45) is 0 Å². The Labute approximate surface area is 131 Å². The maximum atomic E-state index is 11.8. The predicted octanol–water partition coefficient (Wildman–Crippen LogP) is 3.67. The maximum absolute atomic E-state index is 11.8. The first-order valence-electron chi connectivity index (χ1n) is 7.17. The molecule has 2 aromatic rings. The molecule has 1 aromatic carbocycles. The SMILES string of the molecule is CCOC(=O)c1ccc2c(c1)c(Br)nn2C1CCCCO1. The van der Waals surface area contributed by atoms with Crippen LogP contribution in [0.4, 0.5) is 0 Å². The molecule has 0 radical (unpaired) electrons. The fraction of sp³-hybridized carbons (Fsp3) is 0.467. The number of ether oxygens (including phenoxy) is 2. The quantitative estimate of drug-likeness (QED) is 0.790. The topological polar surface area (TPSA) is 53.3 Å². The fourth-order valence-electron chi connectivity index (χ4n) is 2.58. The van der Waals surface area contributed by atoms with Crippen LogP contribution in [0.1, 0.15) is 42.8 Å². The number of benzene rings is 1. The number of carbonyl (C=O) groups excluding carboxylic acids is 1. The highest BCUT2D eigenvalue weighted by molar-refractivity contribution is 9.10. The molecular formula is C15H17BrN2O3. The summed E-state index contributed by atoms with van der Waals surface area (Å²) in [7, 11) is 0. The van der Waals surface area contributed by atoms with E-state index in [0.29, 0.717) is 12.2 Å². The molecule has 0 bridgehead atoms. The number of fused-ring (bicyclic) bond motifs is 1. The van der Waals surface area contributed by atoms with E-state index in [-0.39, 0.29) is 12.2 Å². The largest absolute Gasteiger partial charge is 0.462 e. The van der Waals surface area contributed by atoms with Crippen molar-refractivity contribution in [1.82, 2.24) is 9.78 Å². The molecule has 0 saturated carbocycles. The zero-order valence-electron chi connectivity index (χ0n) is 11.8. The Balaban J connectivity index is 1.99. The van der Waals surface area contributed by atoms with E-state index >= 15 is 0 Å². The van der Waals surface area contributed by atoms with Crippen molar-refractivity contribution in [3.63, 3.8) is 0 Å². The highest BCUT2D eigenvalue weighted by atomic mass is 79.9. The van der Waals surface area contributed by atoms with Crippen molar-refractivity contribution >= 4 is 32.8 Å². The number of rotatable bonds is 3. The van der Waals surface area contributed by atoms with Gasteiger partial charge in [-0.05, 0) is 60.3 Å². The predicted molar refractivity (Wildman–Crippen MR) is 82.2 cm³/mol. The molecule has 112 valence electrons. The van der Waals surface area contributed by atoms with Crippen LogP contribution in [0.25, 0.3) is 10.9 Å². The van der Waals surface area contributed by atoms with Crippen molar-refractivity contribution in [2.75, 3.05) is 13.2 Å². The monoisotopic (exact) mass is 352 g/mol. The van der Waals surface area contributed by atoms with Crippen LogP contribution in [-0.2, 0) is 9.47 Å². The Morgan fingerprint density at radius 1 is 1.52 bits per heavy atom. The minimum atomic E-state index is -0.312. The fourth-order valence-corrected chi connectivity index (χ4v) is 3.07. The van der Waals surface area contributed by atoms with Crippen LogP contribution in [0, 0.1) is 0 Å². The van der Waals surface area contributed by atoms with Gasteiger partial charge in [-0.2, -0.15) is 5.10 Å². The zero-order chi connectivity index (χ0) is 14.8. The van der Waals surface area contributed by atoms with Crippen molar-refractivity contribution in [2.45, 2.75) is 32.4 Å². The number of hydrogen-bond acceptors (Lipinski definition) is 4. The van der Waals surface area contributed by atoms with Crippen LogP contribution in [-0.4, -0.2) is 29.0 Å². The smallest absolute Gasteiger partial charge is 0.338 e. The molecule has 0 amide bonds. The first kappa shape index (κ1) is 14.5. The summed E-state index contributed by atoms with van der Waals surface area (Å²) in [5, 5.41) is 5.41. The molecule has 0 spiro atoms. The van der Waals surface area contributed by atoms with Gasteiger partial charge in [0.15, 0.2) is 6.23 Å². The lowest BCUT2D eigenvalue weighted by Gasteiger charge is -2.23. The summed E-state index contributed by atoms with van der Waals surface area (Å²) in [5.74, 6) is -0.312. The zero-order valence-corrected chi connectivity index (χ0v) is 13.4. The number of esters is 1. The van der Waals surface area contributed by atoms with Crippen LogP contribution in [0.5, 0.6) is 0 Å². The van der Waals surface area contributed by atoms with E-state index in [0.717, 1.165) is 41.4 Å². The molecule has 2 heterocycles. The lowest BCUT2D eigenvalue weighted by molar-refractivity contribution is -0.0368. The molecule has 1 saturated heterocycles. The molecule has 0 aliphatic carbocycles. The third-order valence-electron chi connectivity index (χ3n) is 3.60. The summed E-state index contributed by atoms with van der Waals surface area (Å²) in [6.45, 7) is 2.93. The van der Waals surface area contributed by atoms with E-state index < -0.39 is 0 Å². The Kier molecular flexibility index (Phi) is 4.26. The lowest BCUT2D eigenvalue weighted by Crippen LogP contribution is -2.19. The number of hydrogen-bond donors (Lipinski definition) is 0. The average molecular weight is 353 g/mol. The van der Waals surface area contributed by atoms with E-state index in [4.69, 9.17) is 9.47 Å². The van der Waals surface area contributed by atoms with Gasteiger partial charge in [0.1, 0.15) is 4.60 Å². The average Bonchev–Trinajstić information content (AvgIpc) is 2.85. The van der Waals surface area contributed by atoms with Crippen molar-refractivity contribution < 1.29 is 14.3 Å². The normalized spacial score (nSPS) is 18.9. The maximum Gasteiger partial charge on any atom is 0.338 e. The van der Waals surface area contributed by atoms with Gasteiger partial charge in [-0.15, -0.1) is 0 Å². The summed E-state index contributed by atoms with van der Waals surface area (Å²) in [4.78, 5) is 11.8. The molecular weight excluding hydrogens is 336 g/mol. The number of carbonyl (C=O) groups is 1. The second-order valence-corrected chi connectivity index (χ2v) is 5.76. The molecule has 0 N–H and O–H groups in total. The molecule has 1 aliphatic heterocycles. The molecule has 5 nitrogen and oxygen atoms in total. The number of aromatic nitrogens is 2. The van der Waals surface area contributed by atoms with Gasteiger partial charge in [0.05, 0.1) is 17.7 Å². The first-order chi connectivity index (χ1) is 10.2. The van der Waals surface area contributed by atoms with Gasteiger partial charge in [0, 0.05) is 12.0 Å². The first-order valence-corrected chi connectivity index (χ1v) is 7.96. The summed E-state index contributed by atoms with van der Waals surface area (Å²) < 4.78 is 13.4. The van der Waals surface area contributed by atoms with Crippen molar-refractivity contribution in [3.8, 4) is 0 Å². The van der Waals surface area contributed by atoms with Gasteiger partial charge >= 0.3 is 5.97 Å². The van der Waals surface area contributed by atoms with Gasteiger partial charge in [0.25, 0.3) is 0 Å².